The lowest BCUT2D eigenvalue weighted by Gasteiger charge is -2.37. The van der Waals surface area contributed by atoms with Crippen LogP contribution in [-0.4, -0.2) is 37.0 Å². The minimum Gasteiger partial charge on any atom is -0.368 e. The second kappa shape index (κ2) is 8.39. The zero-order valence-electron chi connectivity index (χ0n) is 16.3. The summed E-state index contributed by atoms with van der Waals surface area (Å²) in [7, 11) is 0. The van der Waals surface area contributed by atoms with Crippen molar-refractivity contribution in [3.8, 4) is 0 Å². The van der Waals surface area contributed by atoms with Gasteiger partial charge in [0, 0.05) is 38.3 Å². The molecular formula is C23H30N2O. The van der Waals surface area contributed by atoms with Crippen LogP contribution < -0.4 is 4.90 Å². The van der Waals surface area contributed by atoms with Gasteiger partial charge in [-0.05, 0) is 55.0 Å². The molecule has 26 heavy (non-hydrogen) atoms. The normalized spacial score (nSPS) is 14.6. The minimum atomic E-state index is 0.283. The molecule has 0 atom stereocenters. The molecule has 3 nitrogen and oxygen atoms in total. The average Bonchev–Trinajstić information content (AvgIpc) is 2.69. The van der Waals surface area contributed by atoms with Gasteiger partial charge in [0.15, 0.2) is 0 Å². The molecule has 0 bridgehead atoms. The number of anilines is 1. The second-order valence-electron chi connectivity index (χ2n) is 7.26. The molecule has 0 N–H and O–H groups in total. The molecule has 2 aromatic carbocycles. The summed E-state index contributed by atoms with van der Waals surface area (Å²) in [6.45, 7) is 9.98. The summed E-state index contributed by atoms with van der Waals surface area (Å²) < 4.78 is 0. The summed E-state index contributed by atoms with van der Waals surface area (Å²) in [5, 5.41) is 0. The van der Waals surface area contributed by atoms with Crippen LogP contribution >= 0.6 is 0 Å². The Balaban J connectivity index is 1.51. The number of carbonyl (C=O) groups excluding carboxylic acids is 1. The van der Waals surface area contributed by atoms with Crippen molar-refractivity contribution in [3.05, 3.63) is 64.7 Å². The summed E-state index contributed by atoms with van der Waals surface area (Å²) in [5.74, 6) is 0.283. The van der Waals surface area contributed by atoms with Crippen LogP contribution in [0.1, 0.15) is 35.6 Å². The van der Waals surface area contributed by atoms with Crippen LogP contribution in [0.3, 0.4) is 0 Å². The van der Waals surface area contributed by atoms with Crippen molar-refractivity contribution in [3.63, 3.8) is 0 Å². The first-order chi connectivity index (χ1) is 12.6. The van der Waals surface area contributed by atoms with E-state index in [4.69, 9.17) is 0 Å². The third kappa shape index (κ3) is 4.27. The molecule has 0 aromatic heterocycles. The van der Waals surface area contributed by atoms with Crippen molar-refractivity contribution in [2.75, 3.05) is 31.1 Å². The van der Waals surface area contributed by atoms with Crippen molar-refractivity contribution in [2.24, 2.45) is 0 Å². The van der Waals surface area contributed by atoms with Crippen LogP contribution in [0.25, 0.3) is 0 Å². The predicted octanol–water partition coefficient (Wildman–Crippen LogP) is 4.15. The Bertz CT molecular complexity index is 743. The van der Waals surface area contributed by atoms with Gasteiger partial charge in [0.1, 0.15) is 0 Å². The summed E-state index contributed by atoms with van der Waals surface area (Å²) in [5.41, 5.74) is 6.60. The Kier molecular flexibility index (Phi) is 5.97. The van der Waals surface area contributed by atoms with Crippen molar-refractivity contribution >= 4 is 11.6 Å². The smallest absolute Gasteiger partial charge is 0.223 e. The second-order valence-corrected chi connectivity index (χ2v) is 7.26. The zero-order valence-corrected chi connectivity index (χ0v) is 16.3. The zero-order chi connectivity index (χ0) is 18.5. The third-order valence-electron chi connectivity index (χ3n) is 5.61. The van der Waals surface area contributed by atoms with E-state index in [9.17, 15) is 4.79 Å². The van der Waals surface area contributed by atoms with E-state index in [2.05, 4.69) is 68.1 Å². The topological polar surface area (TPSA) is 23.6 Å². The number of benzene rings is 2. The molecule has 1 aliphatic heterocycles. The quantitative estimate of drug-likeness (QED) is 0.809. The molecule has 0 unspecified atom stereocenters. The number of rotatable bonds is 5. The highest BCUT2D eigenvalue weighted by Gasteiger charge is 2.22. The fraction of sp³-hybridized carbons (Fsp3) is 0.435. The number of hydrogen-bond acceptors (Lipinski definition) is 2. The van der Waals surface area contributed by atoms with Crippen LogP contribution in [0.5, 0.6) is 0 Å². The van der Waals surface area contributed by atoms with Gasteiger partial charge in [-0.25, -0.2) is 0 Å². The number of aryl methyl sites for hydroxylation is 3. The van der Waals surface area contributed by atoms with Crippen molar-refractivity contribution in [1.29, 1.82) is 0 Å². The molecule has 1 amide bonds. The molecular weight excluding hydrogens is 320 g/mol. The van der Waals surface area contributed by atoms with Crippen LogP contribution in [0, 0.1) is 13.8 Å². The molecule has 2 aromatic rings. The number of nitrogens with zero attached hydrogens (tertiary/aromatic N) is 2. The van der Waals surface area contributed by atoms with E-state index in [1.54, 1.807) is 0 Å². The maximum Gasteiger partial charge on any atom is 0.223 e. The molecule has 1 aliphatic rings. The van der Waals surface area contributed by atoms with E-state index in [0.29, 0.717) is 6.42 Å². The Labute approximate surface area is 157 Å². The minimum absolute atomic E-state index is 0.283. The SMILES string of the molecule is CCc1ccc(CCC(=O)N2CCN(c3cccc(C)c3C)CC2)cc1. The fourth-order valence-electron chi connectivity index (χ4n) is 3.63. The van der Waals surface area contributed by atoms with Gasteiger partial charge in [0.05, 0.1) is 0 Å². The van der Waals surface area contributed by atoms with E-state index >= 15 is 0 Å². The van der Waals surface area contributed by atoms with Crippen LogP contribution in [0.2, 0.25) is 0 Å². The first-order valence-electron chi connectivity index (χ1n) is 9.75. The van der Waals surface area contributed by atoms with E-state index in [1.165, 1.54) is 27.9 Å². The van der Waals surface area contributed by atoms with Crippen molar-refractivity contribution in [1.82, 2.24) is 4.90 Å². The van der Waals surface area contributed by atoms with E-state index in [1.807, 2.05) is 4.90 Å². The maximum absolute atomic E-state index is 12.6. The Morgan fingerprint density at radius 1 is 0.923 bits per heavy atom. The molecule has 1 fully saturated rings. The summed E-state index contributed by atoms with van der Waals surface area (Å²) in [6, 6.07) is 15.1. The lowest BCUT2D eigenvalue weighted by atomic mass is 10.1. The molecule has 3 heteroatoms. The largest absolute Gasteiger partial charge is 0.368 e. The lowest BCUT2D eigenvalue weighted by molar-refractivity contribution is -0.131. The summed E-state index contributed by atoms with van der Waals surface area (Å²) in [6.07, 6.45) is 2.50. The van der Waals surface area contributed by atoms with Gasteiger partial charge in [-0.1, -0.05) is 43.3 Å². The van der Waals surface area contributed by atoms with Gasteiger partial charge in [-0.3, -0.25) is 4.79 Å². The number of hydrogen-bond donors (Lipinski definition) is 0. The van der Waals surface area contributed by atoms with Gasteiger partial charge < -0.3 is 9.80 Å². The molecule has 0 radical (unpaired) electrons. The van der Waals surface area contributed by atoms with E-state index in [-0.39, 0.29) is 5.91 Å². The van der Waals surface area contributed by atoms with Gasteiger partial charge in [0.25, 0.3) is 0 Å². The van der Waals surface area contributed by atoms with Gasteiger partial charge >= 0.3 is 0 Å². The highest BCUT2D eigenvalue weighted by molar-refractivity contribution is 5.77. The predicted molar refractivity (Wildman–Crippen MR) is 109 cm³/mol. The first kappa shape index (κ1) is 18.5. The van der Waals surface area contributed by atoms with Gasteiger partial charge in [-0.2, -0.15) is 0 Å². The van der Waals surface area contributed by atoms with Crippen molar-refractivity contribution < 1.29 is 4.79 Å². The van der Waals surface area contributed by atoms with Gasteiger partial charge in [0.2, 0.25) is 5.91 Å². The highest BCUT2D eigenvalue weighted by atomic mass is 16.2. The Morgan fingerprint density at radius 3 is 2.23 bits per heavy atom. The molecule has 1 saturated heterocycles. The fourth-order valence-corrected chi connectivity index (χ4v) is 3.63. The van der Waals surface area contributed by atoms with Gasteiger partial charge in [-0.15, -0.1) is 0 Å². The highest BCUT2D eigenvalue weighted by Crippen LogP contribution is 2.24. The summed E-state index contributed by atoms with van der Waals surface area (Å²) >= 11 is 0. The maximum atomic E-state index is 12.6. The standard InChI is InChI=1S/C23H30N2O/c1-4-20-8-10-21(11-9-20)12-13-23(26)25-16-14-24(15-17-25)22-7-5-6-18(2)19(22)3/h5-11H,4,12-17H2,1-3H3. The Hall–Kier alpha value is -2.29. The number of piperazine rings is 1. The first-order valence-corrected chi connectivity index (χ1v) is 9.75. The molecule has 1 heterocycles. The van der Waals surface area contributed by atoms with E-state index in [0.717, 1.165) is 39.0 Å². The van der Waals surface area contributed by atoms with E-state index < -0.39 is 0 Å². The lowest BCUT2D eigenvalue weighted by Crippen LogP contribution is -2.49. The average molecular weight is 351 g/mol. The number of carbonyl (C=O) groups is 1. The van der Waals surface area contributed by atoms with Crippen LogP contribution in [0.4, 0.5) is 5.69 Å². The molecule has 3 rings (SSSR count). The molecule has 0 saturated carbocycles. The van der Waals surface area contributed by atoms with Crippen LogP contribution in [-0.2, 0) is 17.6 Å². The monoisotopic (exact) mass is 350 g/mol. The third-order valence-corrected chi connectivity index (χ3v) is 5.61. The van der Waals surface area contributed by atoms with Crippen LogP contribution in [0.15, 0.2) is 42.5 Å². The van der Waals surface area contributed by atoms with Crippen molar-refractivity contribution in [2.45, 2.75) is 40.0 Å². The summed E-state index contributed by atoms with van der Waals surface area (Å²) in [4.78, 5) is 17.0. The number of amides is 1. The molecule has 138 valence electrons. The molecule has 0 aliphatic carbocycles. The molecule has 0 spiro atoms. The Morgan fingerprint density at radius 2 is 1.58 bits per heavy atom.